The van der Waals surface area contributed by atoms with E-state index in [4.69, 9.17) is 0 Å². The van der Waals surface area contributed by atoms with Gasteiger partial charge in [-0.15, -0.1) is 6.58 Å². The molecular formula is C15H21F2N. The second-order valence-electron chi connectivity index (χ2n) is 4.71. The Kier molecular flexibility index (Phi) is 5.99. The molecule has 0 aliphatic carbocycles. The first-order valence-corrected chi connectivity index (χ1v) is 6.36. The van der Waals surface area contributed by atoms with Gasteiger partial charge in [0.1, 0.15) is 11.6 Å². The van der Waals surface area contributed by atoms with Gasteiger partial charge in [0.15, 0.2) is 0 Å². The van der Waals surface area contributed by atoms with Gasteiger partial charge in [-0.3, -0.25) is 0 Å². The van der Waals surface area contributed by atoms with E-state index in [1.165, 1.54) is 12.1 Å². The molecule has 0 fully saturated rings. The zero-order valence-corrected chi connectivity index (χ0v) is 11.1. The Morgan fingerprint density at radius 3 is 2.39 bits per heavy atom. The van der Waals surface area contributed by atoms with Gasteiger partial charge in [0, 0.05) is 12.1 Å². The van der Waals surface area contributed by atoms with Crippen LogP contribution in [0.2, 0.25) is 0 Å². The minimum absolute atomic E-state index is 0.0214. The summed E-state index contributed by atoms with van der Waals surface area (Å²) in [5.41, 5.74) is 1.75. The molecule has 0 aliphatic rings. The van der Waals surface area contributed by atoms with Crippen molar-refractivity contribution in [2.75, 3.05) is 6.54 Å². The Morgan fingerprint density at radius 1 is 1.28 bits per heavy atom. The number of rotatable bonds is 7. The number of hydrogen-bond acceptors (Lipinski definition) is 1. The highest BCUT2D eigenvalue weighted by molar-refractivity contribution is 5.21. The third-order valence-electron chi connectivity index (χ3n) is 2.79. The minimum atomic E-state index is -0.524. The van der Waals surface area contributed by atoms with Crippen molar-refractivity contribution in [2.24, 2.45) is 0 Å². The van der Waals surface area contributed by atoms with Crippen LogP contribution in [0.3, 0.4) is 0 Å². The van der Waals surface area contributed by atoms with Crippen LogP contribution in [0, 0.1) is 11.6 Å². The van der Waals surface area contributed by atoms with Crippen molar-refractivity contribution in [1.29, 1.82) is 0 Å². The summed E-state index contributed by atoms with van der Waals surface area (Å²) < 4.78 is 26.4. The first-order valence-electron chi connectivity index (χ1n) is 6.36. The summed E-state index contributed by atoms with van der Waals surface area (Å²) in [6.45, 7) is 8.72. The number of allylic oxidation sites excluding steroid dienone is 1. The fourth-order valence-corrected chi connectivity index (χ4v) is 1.87. The number of nitrogens with one attached hydrogen (secondary N) is 1. The summed E-state index contributed by atoms with van der Waals surface area (Å²) in [6.07, 6.45) is 2.64. The summed E-state index contributed by atoms with van der Waals surface area (Å²) in [5, 5.41) is 3.32. The molecule has 0 aromatic heterocycles. The maximum Gasteiger partial charge on any atom is 0.126 e. The smallest absolute Gasteiger partial charge is 0.126 e. The molecule has 100 valence electrons. The van der Waals surface area contributed by atoms with E-state index in [1.54, 1.807) is 0 Å². The SMILES string of the molecule is C=C(C)CCC(NCCC)c1cc(F)cc(F)c1. The number of halogens is 2. The van der Waals surface area contributed by atoms with Gasteiger partial charge in [-0.2, -0.15) is 0 Å². The van der Waals surface area contributed by atoms with E-state index in [9.17, 15) is 8.78 Å². The van der Waals surface area contributed by atoms with Crippen LogP contribution >= 0.6 is 0 Å². The summed E-state index contributed by atoms with van der Waals surface area (Å²) in [5.74, 6) is -1.05. The Balaban J connectivity index is 2.82. The molecule has 1 rings (SSSR count). The van der Waals surface area contributed by atoms with E-state index < -0.39 is 11.6 Å². The fourth-order valence-electron chi connectivity index (χ4n) is 1.87. The molecule has 0 saturated carbocycles. The third-order valence-corrected chi connectivity index (χ3v) is 2.79. The molecule has 0 spiro atoms. The predicted molar refractivity (Wildman–Crippen MR) is 71.4 cm³/mol. The Bertz CT molecular complexity index is 381. The molecular weight excluding hydrogens is 232 g/mol. The average Bonchev–Trinajstić information content (AvgIpc) is 2.27. The second kappa shape index (κ2) is 7.27. The van der Waals surface area contributed by atoms with Crippen LogP contribution in [-0.2, 0) is 0 Å². The van der Waals surface area contributed by atoms with Crippen LogP contribution in [-0.4, -0.2) is 6.54 Å². The second-order valence-corrected chi connectivity index (χ2v) is 4.71. The Labute approximate surface area is 108 Å². The van der Waals surface area contributed by atoms with Crippen LogP contribution in [0.5, 0.6) is 0 Å². The first-order chi connectivity index (χ1) is 8.52. The summed E-state index contributed by atoms with van der Waals surface area (Å²) >= 11 is 0. The van der Waals surface area contributed by atoms with E-state index in [2.05, 4.69) is 18.8 Å². The zero-order valence-electron chi connectivity index (χ0n) is 11.1. The molecule has 0 aliphatic heterocycles. The van der Waals surface area contributed by atoms with Crippen LogP contribution in [0.15, 0.2) is 30.4 Å². The van der Waals surface area contributed by atoms with E-state index in [0.29, 0.717) is 5.56 Å². The van der Waals surface area contributed by atoms with Crippen molar-refractivity contribution in [2.45, 2.75) is 39.2 Å². The third kappa shape index (κ3) is 4.96. The van der Waals surface area contributed by atoms with Crippen LogP contribution in [0.1, 0.15) is 44.7 Å². The summed E-state index contributed by atoms with van der Waals surface area (Å²) in [6, 6.07) is 3.68. The molecule has 3 heteroatoms. The minimum Gasteiger partial charge on any atom is -0.310 e. The van der Waals surface area contributed by atoms with Crippen LogP contribution in [0.25, 0.3) is 0 Å². The van der Waals surface area contributed by atoms with Crippen molar-refractivity contribution < 1.29 is 8.78 Å². The van der Waals surface area contributed by atoms with Gasteiger partial charge in [0.05, 0.1) is 0 Å². The van der Waals surface area contributed by atoms with Gasteiger partial charge in [-0.25, -0.2) is 8.78 Å². The molecule has 0 bridgehead atoms. The standard InChI is InChI=1S/C15H21F2N/c1-4-7-18-15(6-5-11(2)3)12-8-13(16)10-14(17)9-12/h8-10,15,18H,2,4-7H2,1,3H3. The molecule has 1 N–H and O–H groups in total. The van der Waals surface area contributed by atoms with Gasteiger partial charge >= 0.3 is 0 Å². The molecule has 1 atom stereocenters. The van der Waals surface area contributed by atoms with Gasteiger partial charge in [-0.05, 0) is 50.4 Å². The van der Waals surface area contributed by atoms with Gasteiger partial charge < -0.3 is 5.32 Å². The normalized spacial score (nSPS) is 12.4. The van der Waals surface area contributed by atoms with Crippen molar-refractivity contribution in [3.05, 3.63) is 47.5 Å². The van der Waals surface area contributed by atoms with Gasteiger partial charge in [-0.1, -0.05) is 12.5 Å². The monoisotopic (exact) mass is 253 g/mol. The number of benzene rings is 1. The highest BCUT2D eigenvalue weighted by Crippen LogP contribution is 2.22. The van der Waals surface area contributed by atoms with Crippen molar-refractivity contribution in [3.63, 3.8) is 0 Å². The Morgan fingerprint density at radius 2 is 1.89 bits per heavy atom. The molecule has 0 heterocycles. The van der Waals surface area contributed by atoms with Crippen LogP contribution in [0.4, 0.5) is 8.78 Å². The largest absolute Gasteiger partial charge is 0.310 e. The molecule has 0 radical (unpaired) electrons. The summed E-state index contributed by atoms with van der Waals surface area (Å²) in [4.78, 5) is 0. The lowest BCUT2D eigenvalue weighted by Gasteiger charge is -2.19. The van der Waals surface area contributed by atoms with Crippen LogP contribution < -0.4 is 5.32 Å². The lowest BCUT2D eigenvalue weighted by molar-refractivity contribution is 0.489. The molecule has 1 aromatic carbocycles. The molecule has 1 aromatic rings. The van der Waals surface area contributed by atoms with Gasteiger partial charge in [0.2, 0.25) is 0 Å². The highest BCUT2D eigenvalue weighted by Gasteiger charge is 2.12. The quantitative estimate of drug-likeness (QED) is 0.712. The van der Waals surface area contributed by atoms with Crippen molar-refractivity contribution in [3.8, 4) is 0 Å². The average molecular weight is 253 g/mol. The van der Waals surface area contributed by atoms with E-state index in [-0.39, 0.29) is 6.04 Å². The van der Waals surface area contributed by atoms with Crippen molar-refractivity contribution >= 4 is 0 Å². The Hall–Kier alpha value is -1.22. The molecule has 18 heavy (non-hydrogen) atoms. The molecule has 0 saturated heterocycles. The van der Waals surface area contributed by atoms with Crippen molar-refractivity contribution in [1.82, 2.24) is 5.32 Å². The highest BCUT2D eigenvalue weighted by atomic mass is 19.1. The number of hydrogen-bond donors (Lipinski definition) is 1. The topological polar surface area (TPSA) is 12.0 Å². The van der Waals surface area contributed by atoms with E-state index in [0.717, 1.165) is 37.4 Å². The maximum atomic E-state index is 13.2. The first kappa shape index (κ1) is 14.8. The molecule has 1 nitrogen and oxygen atoms in total. The van der Waals surface area contributed by atoms with Gasteiger partial charge in [0.25, 0.3) is 0 Å². The lowest BCUT2D eigenvalue weighted by atomic mass is 9.99. The predicted octanol–water partition coefficient (Wildman–Crippen LogP) is 4.36. The zero-order chi connectivity index (χ0) is 13.5. The molecule has 1 unspecified atom stereocenters. The fraction of sp³-hybridized carbons (Fsp3) is 0.467. The maximum absolute atomic E-state index is 13.2. The van der Waals surface area contributed by atoms with E-state index >= 15 is 0 Å². The lowest BCUT2D eigenvalue weighted by Crippen LogP contribution is -2.22. The molecule has 0 amide bonds. The summed E-state index contributed by atoms with van der Waals surface area (Å²) in [7, 11) is 0. The van der Waals surface area contributed by atoms with E-state index in [1.807, 2.05) is 6.92 Å².